The fraction of sp³-hybridized carbons (Fsp3) is 0.533. The summed E-state index contributed by atoms with van der Waals surface area (Å²) >= 11 is 0. The molecule has 0 heterocycles. The lowest BCUT2D eigenvalue weighted by Gasteiger charge is -2.14. The number of rotatable bonds is 7. The Morgan fingerprint density at radius 3 is 2.30 bits per heavy atom. The second kappa shape index (κ2) is 7.62. The number of nitrogens with one attached hydrogen (secondary N) is 1. The highest BCUT2D eigenvalue weighted by atomic mass is 16.6. The maximum atomic E-state index is 12.0. The summed E-state index contributed by atoms with van der Waals surface area (Å²) in [5, 5.41) is 13.4. The van der Waals surface area contributed by atoms with Crippen LogP contribution in [0.3, 0.4) is 0 Å². The van der Waals surface area contributed by atoms with Crippen LogP contribution in [0.1, 0.15) is 50.4 Å². The molecule has 1 rings (SSSR count). The second-order valence-corrected chi connectivity index (χ2v) is 5.50. The van der Waals surface area contributed by atoms with Gasteiger partial charge in [-0.1, -0.05) is 26.7 Å². The monoisotopic (exact) mass is 278 g/mol. The van der Waals surface area contributed by atoms with Crippen LogP contribution in [0, 0.1) is 16.0 Å². The van der Waals surface area contributed by atoms with Gasteiger partial charge in [0.1, 0.15) is 0 Å². The van der Waals surface area contributed by atoms with Crippen molar-refractivity contribution in [3.63, 3.8) is 0 Å². The second-order valence-electron chi connectivity index (χ2n) is 5.50. The first-order valence-corrected chi connectivity index (χ1v) is 6.95. The summed E-state index contributed by atoms with van der Waals surface area (Å²) in [4.78, 5) is 22.0. The van der Waals surface area contributed by atoms with E-state index >= 15 is 0 Å². The SMILES string of the molecule is CC(C)CCCC(C)NC(=O)c1ccc([N+](=O)[O-])cc1. The van der Waals surface area contributed by atoms with Crippen molar-refractivity contribution in [2.75, 3.05) is 0 Å². The van der Waals surface area contributed by atoms with Crippen LogP contribution in [0.2, 0.25) is 0 Å². The summed E-state index contributed by atoms with van der Waals surface area (Å²) < 4.78 is 0. The van der Waals surface area contributed by atoms with Crippen molar-refractivity contribution < 1.29 is 9.72 Å². The molecule has 0 aliphatic carbocycles. The lowest BCUT2D eigenvalue weighted by molar-refractivity contribution is -0.384. The predicted octanol–water partition coefficient (Wildman–Crippen LogP) is 3.54. The zero-order valence-electron chi connectivity index (χ0n) is 12.3. The molecule has 0 bridgehead atoms. The number of amides is 1. The van der Waals surface area contributed by atoms with Gasteiger partial charge in [0, 0.05) is 23.7 Å². The normalized spacial score (nSPS) is 12.2. The molecular formula is C15H22N2O3. The van der Waals surface area contributed by atoms with Gasteiger partial charge in [-0.25, -0.2) is 0 Å². The van der Waals surface area contributed by atoms with Gasteiger partial charge < -0.3 is 5.32 Å². The smallest absolute Gasteiger partial charge is 0.269 e. The number of carbonyl (C=O) groups is 1. The first-order chi connectivity index (χ1) is 9.40. The first-order valence-electron chi connectivity index (χ1n) is 6.95. The number of non-ortho nitro benzene ring substituents is 1. The number of nitro groups is 1. The van der Waals surface area contributed by atoms with Crippen LogP contribution in [-0.2, 0) is 0 Å². The minimum Gasteiger partial charge on any atom is -0.350 e. The van der Waals surface area contributed by atoms with Gasteiger partial charge in [-0.15, -0.1) is 0 Å². The summed E-state index contributed by atoms with van der Waals surface area (Å²) in [5.41, 5.74) is 0.442. The number of benzene rings is 1. The van der Waals surface area contributed by atoms with E-state index in [4.69, 9.17) is 0 Å². The summed E-state index contributed by atoms with van der Waals surface area (Å²) in [6.45, 7) is 6.34. The Hall–Kier alpha value is -1.91. The molecule has 20 heavy (non-hydrogen) atoms. The van der Waals surface area contributed by atoms with Gasteiger partial charge in [0.15, 0.2) is 0 Å². The van der Waals surface area contributed by atoms with E-state index in [1.54, 1.807) is 0 Å². The quantitative estimate of drug-likeness (QED) is 0.612. The lowest BCUT2D eigenvalue weighted by atomic mass is 10.0. The van der Waals surface area contributed by atoms with Crippen molar-refractivity contribution in [1.82, 2.24) is 5.32 Å². The van der Waals surface area contributed by atoms with E-state index in [0.717, 1.165) is 19.3 Å². The third-order valence-corrected chi connectivity index (χ3v) is 3.14. The van der Waals surface area contributed by atoms with E-state index in [9.17, 15) is 14.9 Å². The Bertz CT molecular complexity index is 455. The summed E-state index contributed by atoms with van der Waals surface area (Å²) in [6.07, 6.45) is 3.17. The molecule has 110 valence electrons. The van der Waals surface area contributed by atoms with Crippen LogP contribution in [0.15, 0.2) is 24.3 Å². The Balaban J connectivity index is 2.47. The van der Waals surface area contributed by atoms with Gasteiger partial charge in [-0.3, -0.25) is 14.9 Å². The van der Waals surface area contributed by atoms with Crippen molar-refractivity contribution >= 4 is 11.6 Å². The maximum Gasteiger partial charge on any atom is 0.269 e. The van der Waals surface area contributed by atoms with E-state index in [2.05, 4.69) is 19.2 Å². The fourth-order valence-electron chi connectivity index (χ4n) is 1.95. The van der Waals surface area contributed by atoms with Crippen molar-refractivity contribution in [3.05, 3.63) is 39.9 Å². The predicted molar refractivity (Wildman–Crippen MR) is 78.7 cm³/mol. The van der Waals surface area contributed by atoms with E-state index in [0.29, 0.717) is 11.5 Å². The third-order valence-electron chi connectivity index (χ3n) is 3.14. The molecule has 1 aromatic rings. The Morgan fingerprint density at radius 2 is 1.80 bits per heavy atom. The summed E-state index contributed by atoms with van der Waals surface area (Å²) in [6, 6.07) is 5.76. The largest absolute Gasteiger partial charge is 0.350 e. The molecule has 0 spiro atoms. The Labute approximate surface area is 119 Å². The maximum absolute atomic E-state index is 12.0. The van der Waals surface area contributed by atoms with Crippen LogP contribution in [0.4, 0.5) is 5.69 Å². The van der Waals surface area contributed by atoms with E-state index in [1.165, 1.54) is 24.3 Å². The molecule has 0 aromatic heterocycles. The van der Waals surface area contributed by atoms with Crippen LogP contribution < -0.4 is 5.32 Å². The van der Waals surface area contributed by atoms with Crippen molar-refractivity contribution in [3.8, 4) is 0 Å². The van der Waals surface area contributed by atoms with Gasteiger partial charge in [0.2, 0.25) is 0 Å². The first kappa shape index (κ1) is 16.1. The molecule has 5 nitrogen and oxygen atoms in total. The molecule has 1 aromatic carbocycles. The molecule has 1 unspecified atom stereocenters. The zero-order chi connectivity index (χ0) is 15.1. The highest BCUT2D eigenvalue weighted by Crippen LogP contribution is 2.13. The van der Waals surface area contributed by atoms with Gasteiger partial charge in [0.05, 0.1) is 4.92 Å². The van der Waals surface area contributed by atoms with Crippen molar-refractivity contribution in [2.45, 2.75) is 46.1 Å². The van der Waals surface area contributed by atoms with Gasteiger partial charge in [-0.05, 0) is 31.4 Å². The van der Waals surface area contributed by atoms with Crippen molar-refractivity contribution in [2.24, 2.45) is 5.92 Å². The molecule has 0 saturated heterocycles. The van der Waals surface area contributed by atoms with Crippen LogP contribution in [0.5, 0.6) is 0 Å². The highest BCUT2D eigenvalue weighted by Gasteiger charge is 2.11. The molecule has 1 N–H and O–H groups in total. The zero-order valence-corrected chi connectivity index (χ0v) is 12.3. The molecule has 0 saturated carbocycles. The average Bonchev–Trinajstić information content (AvgIpc) is 2.38. The van der Waals surface area contributed by atoms with Crippen molar-refractivity contribution in [1.29, 1.82) is 0 Å². The molecule has 1 amide bonds. The molecule has 0 radical (unpaired) electrons. The molecule has 0 aliphatic heterocycles. The van der Waals surface area contributed by atoms with E-state index in [-0.39, 0.29) is 17.6 Å². The summed E-state index contributed by atoms with van der Waals surface area (Å²) in [7, 11) is 0. The minimum atomic E-state index is -0.476. The number of nitrogens with zero attached hydrogens (tertiary/aromatic N) is 1. The Kier molecular flexibility index (Phi) is 6.15. The van der Waals surface area contributed by atoms with Gasteiger partial charge >= 0.3 is 0 Å². The van der Waals surface area contributed by atoms with Crippen LogP contribution >= 0.6 is 0 Å². The van der Waals surface area contributed by atoms with Crippen LogP contribution in [0.25, 0.3) is 0 Å². The van der Waals surface area contributed by atoms with Gasteiger partial charge in [-0.2, -0.15) is 0 Å². The van der Waals surface area contributed by atoms with Crippen LogP contribution in [-0.4, -0.2) is 16.9 Å². The molecule has 5 heteroatoms. The number of hydrogen-bond acceptors (Lipinski definition) is 3. The van der Waals surface area contributed by atoms with Gasteiger partial charge in [0.25, 0.3) is 11.6 Å². The van der Waals surface area contributed by atoms with E-state index in [1.807, 2.05) is 6.92 Å². The topological polar surface area (TPSA) is 72.2 Å². The third kappa shape index (κ3) is 5.38. The molecular weight excluding hydrogens is 256 g/mol. The molecule has 1 atom stereocenters. The Morgan fingerprint density at radius 1 is 1.20 bits per heavy atom. The van der Waals surface area contributed by atoms with E-state index < -0.39 is 4.92 Å². The minimum absolute atomic E-state index is 0.00784. The number of carbonyl (C=O) groups excluding carboxylic acids is 1. The molecule has 0 fully saturated rings. The summed E-state index contributed by atoms with van der Waals surface area (Å²) in [5.74, 6) is 0.490. The highest BCUT2D eigenvalue weighted by molar-refractivity contribution is 5.94. The lowest BCUT2D eigenvalue weighted by Crippen LogP contribution is -2.32. The average molecular weight is 278 g/mol. The fourth-order valence-corrected chi connectivity index (χ4v) is 1.95. The standard InChI is InChI=1S/C15H22N2O3/c1-11(2)5-4-6-12(3)16-15(18)13-7-9-14(10-8-13)17(19)20/h7-12H,4-6H2,1-3H3,(H,16,18). The molecule has 0 aliphatic rings. The number of nitro benzene ring substituents is 1. The number of hydrogen-bond donors (Lipinski definition) is 1.